The summed E-state index contributed by atoms with van der Waals surface area (Å²) in [6.45, 7) is 19.9. The number of aliphatic hydroxyl groups is 2. The van der Waals surface area contributed by atoms with Crippen LogP contribution in [0.3, 0.4) is 0 Å². The Morgan fingerprint density at radius 2 is 1.42 bits per heavy atom. The Morgan fingerprint density at radius 3 is 2.00 bits per heavy atom. The maximum absolute atomic E-state index is 14.3. The van der Waals surface area contributed by atoms with Crippen molar-refractivity contribution in [3.8, 4) is 5.75 Å². The molecule has 1 radical (unpaired) electrons. The summed E-state index contributed by atoms with van der Waals surface area (Å²) in [5.74, 6) is -7.48. The van der Waals surface area contributed by atoms with Crippen molar-refractivity contribution in [2.45, 2.75) is 175 Å². The number of phenols is 1. The summed E-state index contributed by atoms with van der Waals surface area (Å²) in [4.78, 5) is 125. The molecule has 2 saturated heterocycles. The minimum absolute atomic E-state index is 0. The van der Waals surface area contributed by atoms with Gasteiger partial charge in [-0.3, -0.25) is 57.6 Å². The Morgan fingerprint density at radius 1 is 0.826 bits per heavy atom. The van der Waals surface area contributed by atoms with Crippen molar-refractivity contribution in [2.24, 2.45) is 94.7 Å². The molecule has 7 heterocycles. The van der Waals surface area contributed by atoms with Gasteiger partial charge in [0.1, 0.15) is 24.1 Å². The standard InChI is InChI=1S/C60H86N13O15P.CN.Co/c1-28(87-89(84,85)88-51-39(26-74)86-55(50(51)83)73-27-68-37-20-31(75)10-14-38(37)73)25-67-47(82)18-19-57(6)35(21-44(64)79)54-60(9)59(8,24-46(66)81)34(13-17-43(63)78)49(72-60)30(3)53-58(7,23-45(65)80)32(11-15-41(61)76)36(69-53)22-40-56(4,5)33(12-16-42(62)77)48(70-40)29(2)52(57)71-54;1-2;/h10,14,20,22,27-28,32-35,39,50-51,54-55,74,83H,11-13,15-19,21,23-26H2,1-9H3,(H16,61,62,63,64,65,66,67,69,70,71,72,75,76,77,78,79,80,81,82,84,85);;/q;-1;+2/p-1. The number of fused-ring (bicyclic) bond motifs is 7. The average molecular weight is 1340 g/mol. The summed E-state index contributed by atoms with van der Waals surface area (Å²) in [6.07, 6.45) is -4.93. The number of aromatic nitrogens is 2. The molecule has 2 fully saturated rings. The second-order valence-corrected chi connectivity index (χ2v) is 27.6. The van der Waals surface area contributed by atoms with E-state index in [0.29, 0.717) is 56.4 Å². The number of carbonyl (C=O) groups excluding carboxylic acids is 7. The SMILES string of the molecule is C/C1=C2N=C(/C=C3N=C(/C(C)=C4\[N-]C(C(CC(N)=O)C4(C)CCC(=O)NCC(C)OP(=O)(O)OC4C(CO)OC(n5cnc6cc(O)ccc65)C4O)C4(C)N=C1C(CCC(N)=O)C4(C)CC(N)=O)C(CCC(N)=O)C\3(C)C)C(CCC(N)=O)C/2(C)CC(N)=O.[C-]#N.[Co+2]. The number of aromatic hydroxyl groups is 1. The number of nitrogens with one attached hydrogen (secondary N) is 1. The van der Waals surface area contributed by atoms with E-state index in [9.17, 15) is 58.3 Å². The van der Waals surface area contributed by atoms with Crippen LogP contribution in [0.1, 0.15) is 139 Å². The van der Waals surface area contributed by atoms with Crippen molar-refractivity contribution >= 4 is 77.3 Å². The van der Waals surface area contributed by atoms with Crippen molar-refractivity contribution in [3.63, 3.8) is 0 Å². The molecule has 17 N–H and O–H groups in total. The molecule has 92 heavy (non-hydrogen) atoms. The maximum atomic E-state index is 14.3. The van der Waals surface area contributed by atoms with Crippen LogP contribution in [0.15, 0.2) is 73.8 Å². The normalized spacial score (nSPS) is 33.3. The van der Waals surface area contributed by atoms with E-state index in [0.717, 1.165) is 0 Å². The monoisotopic (exact) mass is 1340 g/mol. The van der Waals surface area contributed by atoms with Gasteiger partial charge in [0.15, 0.2) is 6.23 Å². The molecule has 0 saturated carbocycles. The first-order chi connectivity index (χ1) is 42.4. The van der Waals surface area contributed by atoms with Crippen LogP contribution in [0.5, 0.6) is 5.75 Å². The van der Waals surface area contributed by atoms with E-state index in [-0.39, 0.29) is 99.7 Å². The van der Waals surface area contributed by atoms with E-state index in [1.807, 2.05) is 47.6 Å². The number of hydrogen-bond acceptors (Lipinski definition) is 19. The number of nitrogens with two attached hydrogens (primary N) is 6. The third-order valence-corrected chi connectivity index (χ3v) is 21.0. The molecule has 2 aromatic rings. The number of carbonyl (C=O) groups is 7. The molecule has 0 spiro atoms. The van der Waals surface area contributed by atoms with E-state index in [2.05, 4.69) is 10.3 Å². The van der Waals surface area contributed by atoms with Crippen LogP contribution in [0.4, 0.5) is 0 Å². The summed E-state index contributed by atoms with van der Waals surface area (Å²) >= 11 is 0. The molecular weight excluding hydrogens is 1260 g/mol. The fourth-order valence-corrected chi connectivity index (χ4v) is 16.2. The molecular formula is C61H85CoN14O15P. The van der Waals surface area contributed by atoms with Gasteiger partial charge in [-0.1, -0.05) is 40.7 Å². The second-order valence-electron chi connectivity index (χ2n) is 26.3. The number of primary amides is 6. The Balaban J connectivity index is 0.00000444. The van der Waals surface area contributed by atoms with Crippen molar-refractivity contribution in [3.05, 3.63) is 70.7 Å². The number of phosphoric acid groups is 1. The number of imidazole rings is 1. The molecule has 31 heteroatoms. The fraction of sp³-hybridized carbons (Fsp3) is 0.607. The molecule has 15 atom stereocenters. The molecule has 29 nitrogen and oxygen atoms in total. The number of phosphoric ester groups is 1. The number of aliphatic imine (C=N–C) groups is 3. The van der Waals surface area contributed by atoms with Crippen molar-refractivity contribution in [1.29, 1.82) is 5.26 Å². The van der Waals surface area contributed by atoms with Gasteiger partial charge in [-0.15, -0.1) is 0 Å². The molecule has 0 aliphatic carbocycles. The van der Waals surface area contributed by atoms with Crippen molar-refractivity contribution in [2.75, 3.05) is 13.2 Å². The Bertz CT molecular complexity index is 3550. The van der Waals surface area contributed by atoms with Crippen molar-refractivity contribution < 1.29 is 88.9 Å². The Kier molecular flexibility index (Phi) is 22.6. The number of benzene rings is 1. The van der Waals surface area contributed by atoms with Gasteiger partial charge in [-0.2, -0.15) is 5.70 Å². The van der Waals surface area contributed by atoms with Crippen molar-refractivity contribution in [1.82, 2.24) is 14.9 Å². The molecule has 15 unspecified atom stereocenters. The van der Waals surface area contributed by atoms with Gasteiger partial charge in [0.2, 0.25) is 41.4 Å². The molecule has 7 amide bonds. The predicted octanol–water partition coefficient (Wildman–Crippen LogP) is 3.13. The fourth-order valence-electron chi connectivity index (χ4n) is 15.1. The van der Waals surface area contributed by atoms with Crippen LogP contribution in [0.2, 0.25) is 0 Å². The Hall–Kier alpha value is -7.20. The quantitative estimate of drug-likeness (QED) is 0.0476. The average Bonchev–Trinajstić information content (AvgIpc) is 1.53. The third kappa shape index (κ3) is 14.3. The number of ether oxygens (including phenoxy) is 1. The zero-order valence-electron chi connectivity index (χ0n) is 53.0. The van der Waals surface area contributed by atoms with Crippen LogP contribution in [-0.4, -0.2) is 137 Å². The van der Waals surface area contributed by atoms with Gasteiger partial charge < -0.3 is 86.4 Å². The smallest absolute Gasteiger partial charge is 0.682 e. The summed E-state index contributed by atoms with van der Waals surface area (Å²) in [5, 5.41) is 46.2. The summed E-state index contributed by atoms with van der Waals surface area (Å²) in [7, 11) is -5.09. The molecule has 6 aliphatic heterocycles. The predicted molar refractivity (Wildman–Crippen MR) is 331 cm³/mol. The molecule has 8 rings (SSSR count). The van der Waals surface area contributed by atoms with Gasteiger partial charge in [0.05, 0.1) is 41.3 Å². The van der Waals surface area contributed by atoms with Gasteiger partial charge >= 0.3 is 24.6 Å². The maximum Gasteiger partial charge on any atom is 2.00 e. The number of allylic oxidation sites excluding steroid dienone is 6. The molecule has 8 bridgehead atoms. The van der Waals surface area contributed by atoms with Gasteiger partial charge in [-0.05, 0) is 94.1 Å². The number of hydrogen-bond donors (Lipinski definition) is 11. The first-order valence-electron chi connectivity index (χ1n) is 30.0. The third-order valence-electron chi connectivity index (χ3n) is 19.9. The van der Waals surface area contributed by atoms with Gasteiger partial charge in [0.25, 0.3) is 0 Å². The number of aliphatic hydroxyl groups excluding tert-OH is 2. The van der Waals surface area contributed by atoms with E-state index in [1.165, 1.54) is 36.0 Å². The van der Waals surface area contributed by atoms with Crippen LogP contribution in [-0.2, 0) is 68.7 Å². The molecule has 6 aliphatic rings. The first kappa shape index (κ1) is 73.8. The number of amides is 7. The van der Waals surface area contributed by atoms with Gasteiger partial charge in [-0.25, -0.2) is 9.55 Å². The van der Waals surface area contributed by atoms with Crippen LogP contribution in [0, 0.1) is 57.2 Å². The summed E-state index contributed by atoms with van der Waals surface area (Å²) in [6, 6.07) is 3.26. The number of nitrogens with zero attached hydrogens (tertiary/aromatic N) is 7. The van der Waals surface area contributed by atoms with E-state index in [1.54, 1.807) is 13.8 Å². The van der Waals surface area contributed by atoms with E-state index in [4.69, 9.17) is 80.3 Å². The first-order valence-corrected chi connectivity index (χ1v) is 31.5. The zero-order chi connectivity index (χ0) is 67.8. The summed E-state index contributed by atoms with van der Waals surface area (Å²) < 4.78 is 31.8. The van der Waals surface area contributed by atoms with E-state index < -0.39 is 143 Å². The van der Waals surface area contributed by atoms with E-state index >= 15 is 0 Å². The minimum Gasteiger partial charge on any atom is -0.682 e. The molecule has 1 aromatic heterocycles. The van der Waals surface area contributed by atoms with Crippen LogP contribution in [0.25, 0.3) is 16.4 Å². The molecule has 1 aromatic carbocycles. The van der Waals surface area contributed by atoms with Crippen LogP contribution >= 0.6 is 7.82 Å². The summed E-state index contributed by atoms with van der Waals surface area (Å²) in [5.41, 5.74) is 34.3. The largest absolute Gasteiger partial charge is 2.00 e. The minimum atomic E-state index is -5.09. The van der Waals surface area contributed by atoms with Gasteiger partial charge in [0, 0.05) is 114 Å². The second kappa shape index (κ2) is 28.2. The number of phenolic OH excluding ortho intramolecular Hbond substituents is 1. The Labute approximate surface area is 543 Å². The number of rotatable bonds is 26. The molecule has 503 valence electrons. The topological polar surface area (TPSA) is 506 Å². The zero-order valence-corrected chi connectivity index (χ0v) is 54.9. The van der Waals surface area contributed by atoms with Crippen LogP contribution < -0.4 is 39.7 Å².